The van der Waals surface area contributed by atoms with Crippen LogP contribution in [0.25, 0.3) is 0 Å². The van der Waals surface area contributed by atoms with Crippen molar-refractivity contribution in [2.24, 2.45) is 0 Å². The van der Waals surface area contributed by atoms with Gasteiger partial charge in [-0.2, -0.15) is 0 Å². The van der Waals surface area contributed by atoms with Crippen molar-refractivity contribution in [2.75, 3.05) is 13.6 Å². The van der Waals surface area contributed by atoms with Crippen molar-refractivity contribution < 1.29 is 24.4 Å². The summed E-state index contributed by atoms with van der Waals surface area (Å²) in [6.07, 6.45) is 5.70. The quantitative estimate of drug-likeness (QED) is 0.341. The van der Waals surface area contributed by atoms with Crippen LogP contribution < -0.4 is 5.32 Å². The Balaban J connectivity index is 0.000000512. The zero-order valence-electron chi connectivity index (χ0n) is 18.0. The summed E-state index contributed by atoms with van der Waals surface area (Å²) in [6, 6.07) is 7.69. The van der Waals surface area contributed by atoms with Crippen molar-refractivity contribution in [3.05, 3.63) is 65.0 Å². The van der Waals surface area contributed by atoms with Gasteiger partial charge in [-0.25, -0.2) is 9.59 Å². The summed E-state index contributed by atoms with van der Waals surface area (Å²) in [6.45, 7) is 7.19. The molecule has 0 spiro atoms. The van der Waals surface area contributed by atoms with E-state index < -0.39 is 23.1 Å². The standard InChI is InChI=1S/C18H25ClN2OS.C4H4O4/c1-18(2,3)14-11-21-12-17(14)23(22)16(9-10-20-4)13-7-5-6-8-15(13)19;5-3(6)1-2-4(7)8/h5-8,11-12,16,20-21H,9-10H2,1-4H3;1-2H,(H,5,6)(H,7,8)/b;2-1+. The van der Waals surface area contributed by atoms with E-state index >= 15 is 0 Å². The van der Waals surface area contributed by atoms with Gasteiger partial charge in [0.15, 0.2) is 4.90 Å². The molecule has 0 radical (unpaired) electrons. The van der Waals surface area contributed by atoms with Crippen LogP contribution in [0.15, 0.2) is 53.7 Å². The van der Waals surface area contributed by atoms with Crippen LogP contribution in [0.3, 0.4) is 0 Å². The van der Waals surface area contributed by atoms with Gasteiger partial charge >= 0.3 is 11.9 Å². The van der Waals surface area contributed by atoms with Gasteiger partial charge in [0.05, 0.1) is 6.20 Å². The highest BCUT2D eigenvalue weighted by molar-refractivity contribution is 7.91. The number of benzene rings is 1. The van der Waals surface area contributed by atoms with Gasteiger partial charge in [0, 0.05) is 40.9 Å². The average molecular weight is 469 g/mol. The Kier molecular flexibility index (Phi) is 10.8. The Morgan fingerprint density at radius 2 is 1.77 bits per heavy atom. The minimum Gasteiger partial charge on any atom is -0.611 e. The summed E-state index contributed by atoms with van der Waals surface area (Å²) in [5, 5.41) is 19.3. The summed E-state index contributed by atoms with van der Waals surface area (Å²) in [7, 11) is 1.91. The number of carbonyl (C=O) groups is 2. The number of halogens is 1. The minimum absolute atomic E-state index is 0.0565. The normalized spacial score (nSPS) is 13.4. The second-order valence-corrected chi connectivity index (χ2v) is 9.70. The van der Waals surface area contributed by atoms with Crippen LogP contribution in [0.1, 0.15) is 43.6 Å². The van der Waals surface area contributed by atoms with Crippen molar-refractivity contribution in [1.82, 2.24) is 10.3 Å². The predicted molar refractivity (Wildman–Crippen MR) is 123 cm³/mol. The second kappa shape index (κ2) is 12.6. The molecule has 170 valence electrons. The van der Waals surface area contributed by atoms with Crippen molar-refractivity contribution >= 4 is 34.7 Å². The molecule has 9 heteroatoms. The van der Waals surface area contributed by atoms with Gasteiger partial charge in [-0.05, 0) is 36.2 Å². The van der Waals surface area contributed by atoms with E-state index in [-0.39, 0.29) is 10.7 Å². The largest absolute Gasteiger partial charge is 0.611 e. The third-order valence-electron chi connectivity index (χ3n) is 4.27. The molecule has 0 aliphatic heterocycles. The Bertz CT molecular complexity index is 876. The maximum atomic E-state index is 13.3. The molecule has 4 N–H and O–H groups in total. The SMILES string of the molecule is CNCCC(c1ccccc1Cl)[S+]([O-])c1c[nH]cc1C(C)(C)C.O=C(O)/C=C/C(=O)O. The third-order valence-corrected chi connectivity index (χ3v) is 6.39. The summed E-state index contributed by atoms with van der Waals surface area (Å²) in [5.74, 6) is -2.51. The van der Waals surface area contributed by atoms with Crippen LogP contribution in [0, 0.1) is 0 Å². The molecule has 2 atom stereocenters. The van der Waals surface area contributed by atoms with Gasteiger partial charge in [0.2, 0.25) is 0 Å². The van der Waals surface area contributed by atoms with E-state index in [4.69, 9.17) is 21.8 Å². The van der Waals surface area contributed by atoms with Gasteiger partial charge in [-0.3, -0.25) is 0 Å². The number of aromatic amines is 1. The number of rotatable bonds is 8. The van der Waals surface area contributed by atoms with Crippen molar-refractivity contribution in [3.63, 3.8) is 0 Å². The molecule has 2 unspecified atom stereocenters. The Labute approximate surface area is 190 Å². The Morgan fingerprint density at radius 1 is 1.19 bits per heavy atom. The van der Waals surface area contributed by atoms with E-state index in [1.54, 1.807) is 0 Å². The van der Waals surface area contributed by atoms with Crippen molar-refractivity contribution in [3.8, 4) is 0 Å². The predicted octanol–water partition coefficient (Wildman–Crippen LogP) is 4.14. The van der Waals surface area contributed by atoms with E-state index in [0.717, 1.165) is 29.0 Å². The first-order valence-corrected chi connectivity index (χ1v) is 11.2. The summed E-state index contributed by atoms with van der Waals surface area (Å²) in [4.78, 5) is 23.1. The molecule has 0 bridgehead atoms. The van der Waals surface area contributed by atoms with Gasteiger partial charge in [0.1, 0.15) is 5.25 Å². The monoisotopic (exact) mass is 468 g/mol. The van der Waals surface area contributed by atoms with E-state index in [2.05, 4.69) is 31.1 Å². The highest BCUT2D eigenvalue weighted by Gasteiger charge is 2.33. The van der Waals surface area contributed by atoms with Crippen molar-refractivity contribution in [1.29, 1.82) is 0 Å². The number of carboxylic acid groups (broad SMARTS) is 2. The fourth-order valence-corrected chi connectivity index (χ4v) is 4.96. The average Bonchev–Trinajstić information content (AvgIpc) is 3.19. The minimum atomic E-state index is -1.26. The lowest BCUT2D eigenvalue weighted by molar-refractivity contribution is -0.134. The number of nitrogens with one attached hydrogen (secondary N) is 2. The lowest BCUT2D eigenvalue weighted by Gasteiger charge is -2.25. The van der Waals surface area contributed by atoms with Gasteiger partial charge < -0.3 is 25.1 Å². The van der Waals surface area contributed by atoms with Crippen LogP contribution in [0.2, 0.25) is 5.02 Å². The van der Waals surface area contributed by atoms with Crippen molar-refractivity contribution in [2.45, 2.75) is 42.8 Å². The summed E-state index contributed by atoms with van der Waals surface area (Å²) < 4.78 is 13.3. The molecule has 31 heavy (non-hydrogen) atoms. The lowest BCUT2D eigenvalue weighted by atomic mass is 9.89. The first-order valence-electron chi connectivity index (χ1n) is 9.59. The van der Waals surface area contributed by atoms with Crippen LogP contribution in [0.5, 0.6) is 0 Å². The van der Waals surface area contributed by atoms with E-state index in [0.29, 0.717) is 17.2 Å². The molecule has 0 saturated carbocycles. The van der Waals surface area contributed by atoms with Crippen LogP contribution in [-0.4, -0.2) is 45.3 Å². The molecule has 1 aromatic carbocycles. The number of carboxylic acids is 2. The number of aromatic nitrogens is 1. The number of H-pyrrole nitrogens is 1. The highest BCUT2D eigenvalue weighted by atomic mass is 35.5. The van der Waals surface area contributed by atoms with Gasteiger partial charge in [-0.15, -0.1) is 0 Å². The van der Waals surface area contributed by atoms with Gasteiger partial charge in [-0.1, -0.05) is 50.6 Å². The maximum absolute atomic E-state index is 13.3. The second-order valence-electron chi connectivity index (χ2n) is 7.69. The zero-order valence-corrected chi connectivity index (χ0v) is 19.6. The molecule has 2 rings (SSSR count). The van der Waals surface area contributed by atoms with Crippen LogP contribution in [0.4, 0.5) is 0 Å². The molecule has 0 saturated heterocycles. The Morgan fingerprint density at radius 3 is 2.26 bits per heavy atom. The van der Waals surface area contributed by atoms with Crippen LogP contribution >= 0.6 is 11.6 Å². The Hall–Kier alpha value is -2.26. The molecule has 1 heterocycles. The zero-order chi connectivity index (χ0) is 23.6. The fourth-order valence-electron chi connectivity index (χ4n) is 2.79. The molecule has 2 aromatic rings. The number of hydrogen-bond acceptors (Lipinski definition) is 4. The van der Waals surface area contributed by atoms with Crippen LogP contribution in [-0.2, 0) is 26.2 Å². The number of hydrogen-bond donors (Lipinski definition) is 4. The molecule has 0 amide bonds. The molecule has 7 nitrogen and oxygen atoms in total. The topological polar surface area (TPSA) is 125 Å². The fraction of sp³-hybridized carbons (Fsp3) is 0.364. The van der Waals surface area contributed by atoms with E-state index in [1.165, 1.54) is 0 Å². The van der Waals surface area contributed by atoms with E-state index in [9.17, 15) is 14.1 Å². The maximum Gasteiger partial charge on any atom is 0.328 e. The highest BCUT2D eigenvalue weighted by Crippen LogP contribution is 2.39. The molecule has 0 fully saturated rings. The molecular formula is C22H29ClN2O5S. The lowest BCUT2D eigenvalue weighted by Crippen LogP contribution is -2.22. The molecule has 0 aliphatic carbocycles. The molecular weight excluding hydrogens is 440 g/mol. The summed E-state index contributed by atoms with van der Waals surface area (Å²) in [5.41, 5.74) is 1.99. The number of aliphatic carboxylic acids is 2. The molecule has 1 aromatic heterocycles. The third kappa shape index (κ3) is 8.78. The first-order chi connectivity index (χ1) is 14.5. The molecule has 0 aliphatic rings. The van der Waals surface area contributed by atoms with Gasteiger partial charge in [0.25, 0.3) is 0 Å². The van der Waals surface area contributed by atoms with E-state index in [1.807, 2.05) is 43.7 Å². The smallest absolute Gasteiger partial charge is 0.328 e. The first kappa shape index (κ1) is 26.8. The summed E-state index contributed by atoms with van der Waals surface area (Å²) >= 11 is 5.20.